The van der Waals surface area contributed by atoms with Crippen LogP contribution in [-0.4, -0.2) is 13.7 Å². The van der Waals surface area contributed by atoms with E-state index in [9.17, 15) is 0 Å². The van der Waals surface area contributed by atoms with Crippen LogP contribution < -0.4 is 51.4 Å². The Morgan fingerprint density at radius 1 is 1.50 bits per heavy atom. The maximum absolute atomic E-state index is 5.75. The van der Waals surface area contributed by atoms with Gasteiger partial charge in [0.1, 0.15) is 0 Å². The topological polar surface area (TPSA) is 23.8 Å². The van der Waals surface area contributed by atoms with E-state index < -0.39 is 0 Å². The molecule has 0 saturated heterocycles. The first-order chi connectivity index (χ1) is 5.31. The van der Waals surface area contributed by atoms with Crippen LogP contribution in [0.4, 0.5) is 0 Å². The molecule has 0 aliphatic heterocycles. The second-order valence-electron chi connectivity index (χ2n) is 1.41. The summed E-state index contributed by atoms with van der Waals surface area (Å²) < 4.78 is 0. The molecule has 68 valence electrons. The Morgan fingerprint density at radius 3 is 1.92 bits per heavy atom. The van der Waals surface area contributed by atoms with Gasteiger partial charge in [-0.25, -0.2) is 0 Å². The zero-order valence-electron chi connectivity index (χ0n) is 8.85. The molecule has 0 bridgehead atoms. The summed E-state index contributed by atoms with van der Waals surface area (Å²) in [5.41, 5.74) is 6.84. The van der Waals surface area contributed by atoms with Crippen LogP contribution in [0.15, 0.2) is 24.3 Å². The second-order valence-corrected chi connectivity index (χ2v) is 1.41. The first-order valence-corrected chi connectivity index (χ1v) is 4.64. The van der Waals surface area contributed by atoms with Gasteiger partial charge in [-0.2, -0.15) is 13.5 Å². The molecule has 0 aliphatic carbocycles. The molecule has 0 amide bonds. The van der Waals surface area contributed by atoms with Gasteiger partial charge in [-0.1, -0.05) is 31.0 Å². The monoisotopic (exact) mass is 212 g/mol. The van der Waals surface area contributed by atoms with E-state index >= 15 is 0 Å². The Kier molecular flexibility index (Phi) is 57.2. The standard InChI is InChI=1S/C7H11.CH4N.CH5P.K/c1-4-6-7(3)5-2;2*1-2;/h4,6H,2-3,5H2,1H3;2H,1H3;2H2,1H3;/q2*-1;;+1/b6-4+;;;. The van der Waals surface area contributed by atoms with E-state index in [1.54, 1.807) is 0 Å². The summed E-state index contributed by atoms with van der Waals surface area (Å²) in [4.78, 5) is 0. The Morgan fingerprint density at radius 2 is 1.83 bits per heavy atom. The molecule has 0 radical (unpaired) electrons. The number of hydrogen-bond acceptors (Lipinski definition) is 0. The molecular formula is C9H20KNP-. The summed E-state index contributed by atoms with van der Waals surface area (Å²) in [5.74, 6) is 0. The first-order valence-electron chi connectivity index (χ1n) is 3.48. The minimum absolute atomic E-state index is 0. The summed E-state index contributed by atoms with van der Waals surface area (Å²) in [7, 11) is 3.67. The third-order valence-corrected chi connectivity index (χ3v) is 0.723. The zero-order valence-corrected chi connectivity index (χ0v) is 13.1. The van der Waals surface area contributed by atoms with Crippen molar-refractivity contribution in [2.24, 2.45) is 0 Å². The van der Waals surface area contributed by atoms with Gasteiger partial charge in [0, 0.05) is 0 Å². The molecule has 0 aromatic heterocycles. The summed E-state index contributed by atoms with van der Waals surface area (Å²) in [6.07, 6.45) is 4.74. The van der Waals surface area contributed by atoms with Gasteiger partial charge in [-0.3, -0.25) is 0 Å². The van der Waals surface area contributed by atoms with Crippen LogP contribution in [0.2, 0.25) is 0 Å². The van der Waals surface area contributed by atoms with E-state index in [0.717, 1.165) is 12.0 Å². The fourth-order valence-electron chi connectivity index (χ4n) is 0.319. The minimum Gasteiger partial charge on any atom is -0.680 e. The molecule has 12 heavy (non-hydrogen) atoms. The third kappa shape index (κ3) is 30.0. The smallest absolute Gasteiger partial charge is 0.680 e. The van der Waals surface area contributed by atoms with E-state index in [0.29, 0.717) is 0 Å². The Bertz CT molecular complexity index is 92.5. The quantitative estimate of drug-likeness (QED) is 0.276. The molecule has 0 fully saturated rings. The van der Waals surface area contributed by atoms with Crippen LogP contribution in [0.3, 0.4) is 0 Å². The molecule has 0 heterocycles. The molecule has 0 saturated carbocycles. The van der Waals surface area contributed by atoms with Crippen LogP contribution in [0.5, 0.6) is 0 Å². The van der Waals surface area contributed by atoms with Gasteiger partial charge in [-0.15, -0.1) is 9.24 Å². The Labute approximate surface area is 123 Å². The SMILES string of the molecule is C=C(/C=C/C)C[CH2-].CP.C[NH-].[K+]. The van der Waals surface area contributed by atoms with Gasteiger partial charge < -0.3 is 12.7 Å². The predicted molar refractivity (Wildman–Crippen MR) is 59.8 cm³/mol. The van der Waals surface area contributed by atoms with E-state index in [1.807, 2.05) is 25.7 Å². The predicted octanol–water partition coefficient (Wildman–Crippen LogP) is 0.507. The van der Waals surface area contributed by atoms with Gasteiger partial charge in [0.05, 0.1) is 0 Å². The number of allylic oxidation sites excluding steroid dienone is 3. The van der Waals surface area contributed by atoms with Gasteiger partial charge in [-0.05, 0) is 6.92 Å². The van der Waals surface area contributed by atoms with Crippen LogP contribution in [0, 0.1) is 6.92 Å². The average molecular weight is 212 g/mol. The largest absolute Gasteiger partial charge is 1.00 e. The van der Waals surface area contributed by atoms with Gasteiger partial charge in [0.2, 0.25) is 0 Å². The molecule has 0 aliphatic rings. The average Bonchev–Trinajstić information content (AvgIpc) is 2.12. The molecule has 0 rings (SSSR count). The van der Waals surface area contributed by atoms with Gasteiger partial charge in [0.25, 0.3) is 0 Å². The maximum atomic E-state index is 5.75. The Balaban J connectivity index is -0.0000000560. The normalized spacial score (nSPS) is 6.83. The van der Waals surface area contributed by atoms with Crippen LogP contribution in [0.1, 0.15) is 13.3 Å². The van der Waals surface area contributed by atoms with Gasteiger partial charge in [0.15, 0.2) is 0 Å². The molecule has 0 spiro atoms. The van der Waals surface area contributed by atoms with Crippen LogP contribution >= 0.6 is 9.24 Å². The summed E-state index contributed by atoms with van der Waals surface area (Å²) in [6.45, 7) is 11.3. The molecule has 1 nitrogen and oxygen atoms in total. The molecular weight excluding hydrogens is 192 g/mol. The van der Waals surface area contributed by atoms with Crippen molar-refractivity contribution in [2.75, 3.05) is 13.7 Å². The molecule has 1 atom stereocenters. The minimum atomic E-state index is 0. The van der Waals surface area contributed by atoms with E-state index in [4.69, 9.17) is 5.73 Å². The molecule has 3 heteroatoms. The van der Waals surface area contributed by atoms with Gasteiger partial charge >= 0.3 is 51.4 Å². The van der Waals surface area contributed by atoms with Crippen molar-refractivity contribution in [3.8, 4) is 0 Å². The van der Waals surface area contributed by atoms with E-state index in [2.05, 4.69) is 22.7 Å². The second kappa shape index (κ2) is 29.4. The van der Waals surface area contributed by atoms with Crippen molar-refractivity contribution < 1.29 is 51.4 Å². The van der Waals surface area contributed by atoms with E-state index in [-0.39, 0.29) is 51.4 Å². The first kappa shape index (κ1) is 23.4. The number of nitrogens with one attached hydrogen (secondary N) is 1. The van der Waals surface area contributed by atoms with E-state index in [1.165, 1.54) is 7.05 Å². The fourth-order valence-corrected chi connectivity index (χ4v) is 0.319. The van der Waals surface area contributed by atoms with Crippen LogP contribution in [-0.2, 0) is 0 Å². The number of rotatable bonds is 2. The molecule has 1 unspecified atom stereocenters. The number of hydrogen-bond donors (Lipinski definition) is 0. The van der Waals surface area contributed by atoms with Crippen LogP contribution in [0.25, 0.3) is 5.73 Å². The molecule has 0 aromatic carbocycles. The van der Waals surface area contributed by atoms with Crippen molar-refractivity contribution in [1.29, 1.82) is 0 Å². The maximum Gasteiger partial charge on any atom is 1.00 e. The zero-order chi connectivity index (χ0) is 9.70. The fraction of sp³-hybridized carbons (Fsp3) is 0.444. The van der Waals surface area contributed by atoms with Crippen molar-refractivity contribution in [3.63, 3.8) is 0 Å². The van der Waals surface area contributed by atoms with Crippen molar-refractivity contribution in [2.45, 2.75) is 13.3 Å². The summed E-state index contributed by atoms with van der Waals surface area (Å²) in [5, 5.41) is 0. The molecule has 1 N–H and O–H groups in total. The van der Waals surface area contributed by atoms with Crippen molar-refractivity contribution in [1.82, 2.24) is 0 Å². The Hall–Kier alpha value is 1.51. The molecule has 0 aromatic rings. The van der Waals surface area contributed by atoms with Crippen molar-refractivity contribution in [3.05, 3.63) is 37.0 Å². The third-order valence-electron chi connectivity index (χ3n) is 0.723. The summed E-state index contributed by atoms with van der Waals surface area (Å²) in [6, 6.07) is 0. The van der Waals surface area contributed by atoms with Crippen molar-refractivity contribution >= 4 is 9.24 Å². The summed E-state index contributed by atoms with van der Waals surface area (Å²) >= 11 is 0.